The molecule has 20 heavy (non-hydrogen) atoms. The number of carbonyl (C=O) groups excluding carboxylic acids is 1. The fourth-order valence-corrected chi connectivity index (χ4v) is 1.79. The zero-order valence-corrected chi connectivity index (χ0v) is 11.6. The van der Waals surface area contributed by atoms with Crippen LogP contribution in [0.5, 0.6) is 0 Å². The Hall–Kier alpha value is -2.21. The maximum Gasteiger partial charge on any atom is 0.242 e. The van der Waals surface area contributed by atoms with E-state index in [1.165, 1.54) is 0 Å². The number of rotatable bonds is 6. The van der Waals surface area contributed by atoms with Crippen molar-refractivity contribution in [3.63, 3.8) is 0 Å². The van der Waals surface area contributed by atoms with Crippen molar-refractivity contribution in [1.82, 2.24) is 15.5 Å². The third-order valence-electron chi connectivity index (χ3n) is 2.86. The van der Waals surface area contributed by atoms with Crippen LogP contribution in [-0.2, 0) is 11.3 Å². The third kappa shape index (κ3) is 3.89. The first-order chi connectivity index (χ1) is 9.69. The maximum absolute atomic E-state index is 12.1. The molecular formula is C14H18N4O2. The fourth-order valence-electron chi connectivity index (χ4n) is 1.79. The summed E-state index contributed by atoms with van der Waals surface area (Å²) in [4.78, 5) is 16.3. The molecule has 0 unspecified atom stereocenters. The van der Waals surface area contributed by atoms with E-state index in [2.05, 4.69) is 20.8 Å². The molecule has 0 spiro atoms. The molecule has 0 fully saturated rings. The summed E-state index contributed by atoms with van der Waals surface area (Å²) in [6, 6.07) is 7.08. The van der Waals surface area contributed by atoms with Gasteiger partial charge in [0.25, 0.3) is 0 Å². The highest BCUT2D eigenvalue weighted by molar-refractivity contribution is 5.93. The van der Waals surface area contributed by atoms with Crippen LogP contribution in [0.3, 0.4) is 0 Å². The Kier molecular flexibility index (Phi) is 4.84. The Morgan fingerprint density at radius 3 is 2.90 bits per heavy atom. The second-order valence-electron chi connectivity index (χ2n) is 4.47. The van der Waals surface area contributed by atoms with E-state index in [1.54, 1.807) is 19.2 Å². The Morgan fingerprint density at radius 1 is 1.45 bits per heavy atom. The summed E-state index contributed by atoms with van der Waals surface area (Å²) in [6.45, 7) is 4.27. The molecule has 2 aromatic rings. The van der Waals surface area contributed by atoms with E-state index in [0.717, 1.165) is 5.69 Å². The highest BCUT2D eigenvalue weighted by Gasteiger charge is 2.17. The molecule has 0 saturated heterocycles. The van der Waals surface area contributed by atoms with Crippen molar-refractivity contribution in [3.05, 3.63) is 41.9 Å². The predicted octanol–water partition coefficient (Wildman–Crippen LogP) is 1.88. The molecule has 2 N–H and O–H groups in total. The van der Waals surface area contributed by atoms with Crippen molar-refractivity contribution in [2.24, 2.45) is 0 Å². The Balaban J connectivity index is 1.89. The van der Waals surface area contributed by atoms with Gasteiger partial charge in [-0.2, -0.15) is 0 Å². The van der Waals surface area contributed by atoms with Gasteiger partial charge in [0, 0.05) is 18.8 Å². The molecule has 6 nitrogen and oxygen atoms in total. The summed E-state index contributed by atoms with van der Waals surface area (Å²) in [5.74, 6) is 0.970. The number of anilines is 1. The Bertz CT molecular complexity index is 553. The zero-order valence-electron chi connectivity index (χ0n) is 11.6. The lowest BCUT2D eigenvalue weighted by molar-refractivity contribution is -0.118. The van der Waals surface area contributed by atoms with E-state index in [-0.39, 0.29) is 11.9 Å². The molecule has 6 heteroatoms. The topological polar surface area (TPSA) is 80.0 Å². The molecule has 2 rings (SSSR count). The van der Waals surface area contributed by atoms with Crippen LogP contribution >= 0.6 is 0 Å². The smallest absolute Gasteiger partial charge is 0.242 e. The van der Waals surface area contributed by atoms with Gasteiger partial charge in [0.15, 0.2) is 5.82 Å². The van der Waals surface area contributed by atoms with Gasteiger partial charge in [-0.15, -0.1) is 0 Å². The molecule has 0 radical (unpaired) electrons. The number of aromatic nitrogens is 2. The van der Waals surface area contributed by atoms with Crippen molar-refractivity contribution in [2.75, 3.05) is 5.32 Å². The first-order valence-electron chi connectivity index (χ1n) is 6.56. The van der Waals surface area contributed by atoms with Gasteiger partial charge in [-0.1, -0.05) is 18.1 Å². The Morgan fingerprint density at radius 2 is 2.30 bits per heavy atom. The summed E-state index contributed by atoms with van der Waals surface area (Å²) in [7, 11) is 0. The number of pyridine rings is 1. The minimum Gasteiger partial charge on any atom is -0.360 e. The standard InChI is InChI=1S/C14H18N4O2/c1-3-12(16-9-11-6-4-5-7-15-11)14(19)17-13-8-10(2)20-18-13/h4-8,12,16H,3,9H2,1-2H3,(H,17,18,19)/t12-/m0/s1. The molecular weight excluding hydrogens is 256 g/mol. The number of nitrogens with zero attached hydrogens (tertiary/aromatic N) is 2. The first kappa shape index (κ1) is 14.2. The minimum atomic E-state index is -0.297. The summed E-state index contributed by atoms with van der Waals surface area (Å²) in [5.41, 5.74) is 0.899. The molecule has 0 aromatic carbocycles. The monoisotopic (exact) mass is 274 g/mol. The van der Waals surface area contributed by atoms with E-state index < -0.39 is 0 Å². The van der Waals surface area contributed by atoms with Crippen molar-refractivity contribution in [1.29, 1.82) is 0 Å². The van der Waals surface area contributed by atoms with Crippen LogP contribution in [0, 0.1) is 6.92 Å². The number of nitrogens with one attached hydrogen (secondary N) is 2. The second kappa shape index (κ2) is 6.81. The molecule has 0 aliphatic rings. The SMILES string of the molecule is CC[C@H](NCc1ccccn1)C(=O)Nc1cc(C)on1. The van der Waals surface area contributed by atoms with Gasteiger partial charge in [-0.25, -0.2) is 0 Å². The number of aryl methyl sites for hydroxylation is 1. The van der Waals surface area contributed by atoms with Crippen LogP contribution in [0.1, 0.15) is 24.8 Å². The average Bonchev–Trinajstić information content (AvgIpc) is 2.86. The molecule has 0 aliphatic carbocycles. The highest BCUT2D eigenvalue weighted by atomic mass is 16.5. The van der Waals surface area contributed by atoms with Crippen LogP contribution in [0.2, 0.25) is 0 Å². The van der Waals surface area contributed by atoms with Gasteiger partial charge >= 0.3 is 0 Å². The average molecular weight is 274 g/mol. The van der Waals surface area contributed by atoms with Gasteiger partial charge in [-0.05, 0) is 25.5 Å². The fraction of sp³-hybridized carbons (Fsp3) is 0.357. The Labute approximate surface area is 117 Å². The van der Waals surface area contributed by atoms with Crippen molar-refractivity contribution < 1.29 is 9.32 Å². The lowest BCUT2D eigenvalue weighted by Crippen LogP contribution is -2.39. The molecule has 2 aromatic heterocycles. The first-order valence-corrected chi connectivity index (χ1v) is 6.56. The molecule has 1 atom stereocenters. The van der Waals surface area contributed by atoms with Crippen molar-refractivity contribution in [2.45, 2.75) is 32.9 Å². The highest BCUT2D eigenvalue weighted by Crippen LogP contribution is 2.08. The van der Waals surface area contributed by atoms with Crippen LogP contribution in [0.15, 0.2) is 35.0 Å². The van der Waals surface area contributed by atoms with E-state index in [9.17, 15) is 4.79 Å². The van der Waals surface area contributed by atoms with E-state index >= 15 is 0 Å². The van der Waals surface area contributed by atoms with Crippen molar-refractivity contribution in [3.8, 4) is 0 Å². The summed E-state index contributed by atoms with van der Waals surface area (Å²) < 4.78 is 4.91. The van der Waals surface area contributed by atoms with Crippen LogP contribution < -0.4 is 10.6 Å². The van der Waals surface area contributed by atoms with Crippen molar-refractivity contribution >= 4 is 11.7 Å². The normalized spacial score (nSPS) is 12.1. The molecule has 0 bridgehead atoms. The number of carbonyl (C=O) groups is 1. The number of amides is 1. The van der Waals surface area contributed by atoms with Gasteiger partial charge in [0.05, 0.1) is 11.7 Å². The summed E-state index contributed by atoms with van der Waals surface area (Å²) in [5, 5.41) is 9.65. The molecule has 0 saturated carbocycles. The van der Waals surface area contributed by atoms with E-state index in [1.807, 2.05) is 25.1 Å². The van der Waals surface area contributed by atoms with Gasteiger partial charge < -0.3 is 15.2 Å². The molecule has 106 valence electrons. The maximum atomic E-state index is 12.1. The van der Waals surface area contributed by atoms with Crippen LogP contribution in [-0.4, -0.2) is 22.1 Å². The lowest BCUT2D eigenvalue weighted by atomic mass is 10.2. The van der Waals surface area contributed by atoms with E-state index in [4.69, 9.17) is 4.52 Å². The molecule has 0 aliphatic heterocycles. The lowest BCUT2D eigenvalue weighted by Gasteiger charge is -2.15. The largest absolute Gasteiger partial charge is 0.360 e. The molecule has 2 heterocycles. The van der Waals surface area contributed by atoms with Gasteiger partial charge in [0.1, 0.15) is 5.76 Å². The third-order valence-corrected chi connectivity index (χ3v) is 2.86. The van der Waals surface area contributed by atoms with E-state index in [0.29, 0.717) is 24.5 Å². The summed E-state index contributed by atoms with van der Waals surface area (Å²) >= 11 is 0. The zero-order chi connectivity index (χ0) is 14.4. The predicted molar refractivity (Wildman–Crippen MR) is 75.0 cm³/mol. The quantitative estimate of drug-likeness (QED) is 0.840. The van der Waals surface area contributed by atoms with Crippen LogP contribution in [0.4, 0.5) is 5.82 Å². The number of hydrogen-bond donors (Lipinski definition) is 2. The van der Waals surface area contributed by atoms with Gasteiger partial charge in [0.2, 0.25) is 5.91 Å². The summed E-state index contributed by atoms with van der Waals surface area (Å²) in [6.07, 6.45) is 2.41. The second-order valence-corrected chi connectivity index (χ2v) is 4.47. The minimum absolute atomic E-state index is 0.128. The van der Waals surface area contributed by atoms with Gasteiger partial charge in [-0.3, -0.25) is 9.78 Å². The number of hydrogen-bond acceptors (Lipinski definition) is 5. The molecule has 1 amide bonds. The van der Waals surface area contributed by atoms with Crippen LogP contribution in [0.25, 0.3) is 0 Å².